The molecule has 0 radical (unpaired) electrons. The van der Waals surface area contributed by atoms with Crippen molar-refractivity contribution in [3.8, 4) is 0 Å². The monoisotopic (exact) mass is 253 g/mol. The maximum absolute atomic E-state index is 6.03. The van der Waals surface area contributed by atoms with Gasteiger partial charge in [-0.25, -0.2) is 14.6 Å². The molecule has 2 heterocycles. The first kappa shape index (κ1) is 10.7. The number of anilines is 1. The van der Waals surface area contributed by atoms with Crippen molar-refractivity contribution in [1.29, 1.82) is 0 Å². The van der Waals surface area contributed by atoms with Crippen LogP contribution in [-0.2, 0) is 0 Å². The summed E-state index contributed by atoms with van der Waals surface area (Å²) in [6, 6.07) is 0.424. The molecule has 2 aromatic heterocycles. The van der Waals surface area contributed by atoms with Gasteiger partial charge in [0.25, 0.3) is 0 Å². The van der Waals surface area contributed by atoms with Crippen LogP contribution in [0.25, 0.3) is 11.3 Å². The molecule has 0 amide bonds. The highest BCUT2D eigenvalue weighted by Gasteiger charge is 2.17. The number of hydrogen-bond acceptors (Lipinski definition) is 6. The smallest absolute Gasteiger partial charge is 0.245 e. The Kier molecular flexibility index (Phi) is 2.80. The molecule has 0 atom stereocenters. The average molecular weight is 254 g/mol. The molecule has 1 N–H and O–H groups in total. The quantitative estimate of drug-likeness (QED) is 0.886. The number of nitrogens with zero attached hydrogens (tertiary/aromatic N) is 4. The Labute approximate surface area is 103 Å². The molecule has 0 unspecified atom stereocenters. The number of nitrogens with one attached hydrogen (secondary N) is 1. The number of aromatic nitrogens is 4. The van der Waals surface area contributed by atoms with E-state index in [2.05, 4.69) is 30.2 Å². The van der Waals surface area contributed by atoms with E-state index < -0.39 is 0 Å². The largest absolute Gasteiger partial charge is 0.365 e. The highest BCUT2D eigenvalue weighted by atomic mass is 35.5. The van der Waals surface area contributed by atoms with Crippen molar-refractivity contribution in [2.24, 2.45) is 0 Å². The predicted octanol–water partition coefficient (Wildman–Crippen LogP) is 2.41. The summed E-state index contributed by atoms with van der Waals surface area (Å²) in [5.41, 5.74) is 0.719. The van der Waals surface area contributed by atoms with Gasteiger partial charge in [-0.15, -0.1) is 0 Å². The van der Waals surface area contributed by atoms with Gasteiger partial charge < -0.3 is 5.32 Å². The molecule has 0 bridgehead atoms. The first-order chi connectivity index (χ1) is 8.33. The Hall–Kier alpha value is -1.43. The fourth-order valence-corrected chi connectivity index (χ4v) is 2.33. The lowest BCUT2D eigenvalue weighted by molar-refractivity contribution is 0.314. The highest BCUT2D eigenvalue weighted by Crippen LogP contribution is 2.25. The molecular weight excluding hydrogens is 242 g/mol. The zero-order valence-electron chi connectivity index (χ0n) is 9.19. The van der Waals surface area contributed by atoms with Crippen LogP contribution in [0.3, 0.4) is 0 Å². The minimum absolute atomic E-state index is 0.318. The Bertz CT molecular complexity index is 522. The second kappa shape index (κ2) is 4.44. The van der Waals surface area contributed by atoms with E-state index in [0.29, 0.717) is 28.3 Å². The molecule has 0 spiro atoms. The van der Waals surface area contributed by atoms with Gasteiger partial charge in [0.15, 0.2) is 11.0 Å². The molecule has 0 aromatic carbocycles. The van der Waals surface area contributed by atoms with Gasteiger partial charge in [-0.05, 0) is 23.2 Å². The predicted molar refractivity (Wildman–Crippen MR) is 62.9 cm³/mol. The SMILES string of the molecule is Clc1nc2nonc2nc1NC1CCCCC1. The van der Waals surface area contributed by atoms with E-state index in [1.807, 2.05) is 0 Å². The highest BCUT2D eigenvalue weighted by molar-refractivity contribution is 6.32. The summed E-state index contributed by atoms with van der Waals surface area (Å²) in [4.78, 5) is 8.33. The van der Waals surface area contributed by atoms with Gasteiger partial charge in [-0.3, -0.25) is 0 Å². The molecule has 2 aromatic rings. The third kappa shape index (κ3) is 2.17. The summed E-state index contributed by atoms with van der Waals surface area (Å²) in [5, 5.41) is 10.9. The van der Waals surface area contributed by atoms with Crippen LogP contribution in [0.5, 0.6) is 0 Å². The average Bonchev–Trinajstić information content (AvgIpc) is 2.78. The lowest BCUT2D eigenvalue weighted by Gasteiger charge is -2.23. The Morgan fingerprint density at radius 1 is 1.06 bits per heavy atom. The van der Waals surface area contributed by atoms with Crippen molar-refractivity contribution in [1.82, 2.24) is 20.3 Å². The van der Waals surface area contributed by atoms with Crippen molar-refractivity contribution in [3.05, 3.63) is 5.15 Å². The van der Waals surface area contributed by atoms with Gasteiger partial charge in [0.1, 0.15) is 0 Å². The van der Waals surface area contributed by atoms with Crippen molar-refractivity contribution < 1.29 is 4.63 Å². The molecule has 0 saturated heterocycles. The van der Waals surface area contributed by atoms with Crippen LogP contribution in [0.15, 0.2) is 4.63 Å². The summed E-state index contributed by atoms with van der Waals surface area (Å²) in [7, 11) is 0. The van der Waals surface area contributed by atoms with Crippen molar-refractivity contribution in [3.63, 3.8) is 0 Å². The minimum atomic E-state index is 0.318. The van der Waals surface area contributed by atoms with Crippen LogP contribution in [0.1, 0.15) is 32.1 Å². The standard InChI is InChI=1S/C10H12ClN5O/c11-7-8(12-6-4-2-1-3-5-6)14-10-9(13-7)15-17-16-10/h6H,1-5H2,(H,12,14,16). The molecule has 90 valence electrons. The summed E-state index contributed by atoms with van der Waals surface area (Å²) in [5.74, 6) is 0.571. The topological polar surface area (TPSA) is 76.7 Å². The van der Waals surface area contributed by atoms with Gasteiger partial charge in [0, 0.05) is 6.04 Å². The van der Waals surface area contributed by atoms with Crippen molar-refractivity contribution >= 4 is 28.7 Å². The minimum Gasteiger partial charge on any atom is -0.365 e. The lowest BCUT2D eigenvalue weighted by atomic mass is 9.96. The molecule has 1 aliphatic rings. The van der Waals surface area contributed by atoms with E-state index in [1.165, 1.54) is 19.3 Å². The second-order valence-corrected chi connectivity index (χ2v) is 4.61. The van der Waals surface area contributed by atoms with E-state index in [0.717, 1.165) is 12.8 Å². The molecule has 1 saturated carbocycles. The Balaban J connectivity index is 1.85. The summed E-state index contributed by atoms with van der Waals surface area (Å²) in [6.45, 7) is 0. The van der Waals surface area contributed by atoms with E-state index >= 15 is 0 Å². The van der Waals surface area contributed by atoms with Crippen LogP contribution in [0, 0.1) is 0 Å². The summed E-state index contributed by atoms with van der Waals surface area (Å²) < 4.78 is 4.55. The van der Waals surface area contributed by atoms with E-state index in [1.54, 1.807) is 0 Å². The molecule has 1 fully saturated rings. The van der Waals surface area contributed by atoms with E-state index in [4.69, 9.17) is 11.6 Å². The maximum Gasteiger partial charge on any atom is 0.245 e. The molecule has 1 aliphatic carbocycles. The van der Waals surface area contributed by atoms with Crippen LogP contribution >= 0.6 is 11.6 Å². The maximum atomic E-state index is 6.03. The number of hydrogen-bond donors (Lipinski definition) is 1. The van der Waals surface area contributed by atoms with Crippen molar-refractivity contribution in [2.45, 2.75) is 38.1 Å². The Morgan fingerprint density at radius 3 is 2.53 bits per heavy atom. The molecule has 17 heavy (non-hydrogen) atoms. The van der Waals surface area contributed by atoms with Gasteiger partial charge in [0.05, 0.1) is 0 Å². The first-order valence-corrected chi connectivity index (χ1v) is 6.13. The van der Waals surface area contributed by atoms with Gasteiger partial charge in [0.2, 0.25) is 11.3 Å². The normalized spacial score (nSPS) is 17.5. The van der Waals surface area contributed by atoms with Crippen LogP contribution < -0.4 is 5.32 Å². The van der Waals surface area contributed by atoms with Crippen molar-refractivity contribution in [2.75, 3.05) is 5.32 Å². The molecular formula is C10H12ClN5O. The van der Waals surface area contributed by atoms with Gasteiger partial charge in [-0.1, -0.05) is 30.9 Å². The second-order valence-electron chi connectivity index (χ2n) is 4.25. The Morgan fingerprint density at radius 2 is 1.76 bits per heavy atom. The zero-order chi connectivity index (χ0) is 11.7. The van der Waals surface area contributed by atoms with Gasteiger partial charge in [-0.2, -0.15) is 0 Å². The fourth-order valence-electron chi connectivity index (χ4n) is 2.15. The number of rotatable bonds is 2. The van der Waals surface area contributed by atoms with Gasteiger partial charge >= 0.3 is 0 Å². The van der Waals surface area contributed by atoms with E-state index in [9.17, 15) is 0 Å². The van der Waals surface area contributed by atoms with E-state index in [-0.39, 0.29) is 0 Å². The van der Waals surface area contributed by atoms with Crippen LogP contribution in [-0.4, -0.2) is 26.3 Å². The molecule has 6 nitrogen and oxygen atoms in total. The summed E-state index contributed by atoms with van der Waals surface area (Å²) >= 11 is 6.03. The molecule has 0 aliphatic heterocycles. The third-order valence-electron chi connectivity index (χ3n) is 3.02. The number of fused-ring (bicyclic) bond motifs is 1. The summed E-state index contributed by atoms with van der Waals surface area (Å²) in [6.07, 6.45) is 6.09. The van der Waals surface area contributed by atoms with Crippen LogP contribution in [0.4, 0.5) is 5.82 Å². The first-order valence-electron chi connectivity index (χ1n) is 5.75. The third-order valence-corrected chi connectivity index (χ3v) is 3.28. The van der Waals surface area contributed by atoms with Crippen LogP contribution in [0.2, 0.25) is 5.15 Å². The number of halogens is 1. The fraction of sp³-hybridized carbons (Fsp3) is 0.600. The lowest BCUT2D eigenvalue weighted by Crippen LogP contribution is -2.23. The zero-order valence-corrected chi connectivity index (χ0v) is 9.94. The molecule has 7 heteroatoms. The molecule has 3 rings (SSSR count).